The number of fused-ring (bicyclic) bond motifs is 4. The fourth-order valence-corrected chi connectivity index (χ4v) is 5.14. The second-order valence-electron chi connectivity index (χ2n) is 8.73. The van der Waals surface area contributed by atoms with E-state index in [9.17, 15) is 17.1 Å². The molecule has 5 rings (SSSR count). The number of nitrogens with zero attached hydrogens (tertiary/aromatic N) is 2. The summed E-state index contributed by atoms with van der Waals surface area (Å²) in [5.74, 6) is 3.00. The molecule has 0 aliphatic heterocycles. The minimum Gasteiger partial charge on any atom is -0.493 e. The molecule has 3 aromatic heterocycles. The number of terminal acetylenes is 1. The van der Waals surface area contributed by atoms with E-state index in [1.54, 1.807) is 19.1 Å². The zero-order valence-corrected chi connectivity index (χ0v) is 21.2. The first-order valence-corrected chi connectivity index (χ1v) is 13.3. The zero-order valence-electron chi connectivity index (χ0n) is 20.3. The molecule has 0 fully saturated rings. The molecular weight excluding hydrogens is 493 g/mol. The van der Waals surface area contributed by atoms with Crippen LogP contribution in [0.5, 0.6) is 5.75 Å². The van der Waals surface area contributed by atoms with E-state index in [4.69, 9.17) is 11.2 Å². The Labute approximate surface area is 213 Å². The fourth-order valence-electron chi connectivity index (χ4n) is 4.68. The number of benzene rings is 2. The Kier molecular flexibility index (Phi) is 6.21. The molecule has 3 heterocycles. The molecule has 0 saturated carbocycles. The maximum atomic E-state index is 13.9. The molecule has 7 nitrogen and oxygen atoms in total. The van der Waals surface area contributed by atoms with Gasteiger partial charge in [-0.05, 0) is 43.7 Å². The highest BCUT2D eigenvalue weighted by molar-refractivity contribution is 7.86. The SMILES string of the molecule is C#Cc1ccc2c(c1)[nH]c1c2c(=O)c2cc(OCC)c(-c3cncc(S(=O)(=O)F)c3)cc2n1CCCC. The zero-order chi connectivity index (χ0) is 26.3. The summed E-state index contributed by atoms with van der Waals surface area (Å²) in [6, 6.07) is 10.2. The number of pyridine rings is 2. The number of H-pyrrole nitrogens is 1. The third kappa shape index (κ3) is 4.23. The smallest absolute Gasteiger partial charge is 0.333 e. The molecule has 2 aromatic carbocycles. The van der Waals surface area contributed by atoms with Crippen molar-refractivity contribution in [2.75, 3.05) is 6.61 Å². The van der Waals surface area contributed by atoms with Gasteiger partial charge in [0.2, 0.25) is 0 Å². The van der Waals surface area contributed by atoms with Gasteiger partial charge in [0.05, 0.1) is 22.9 Å². The summed E-state index contributed by atoms with van der Waals surface area (Å²) in [7, 11) is -4.95. The van der Waals surface area contributed by atoms with Crippen LogP contribution in [0.25, 0.3) is 44.0 Å². The summed E-state index contributed by atoms with van der Waals surface area (Å²) in [5, 5.41) is 1.79. The Morgan fingerprint density at radius 2 is 1.95 bits per heavy atom. The van der Waals surface area contributed by atoms with Crippen LogP contribution in [-0.4, -0.2) is 29.6 Å². The Morgan fingerprint density at radius 3 is 2.65 bits per heavy atom. The Balaban J connectivity index is 1.90. The number of rotatable bonds is 7. The predicted molar refractivity (Wildman–Crippen MR) is 143 cm³/mol. The van der Waals surface area contributed by atoms with Crippen LogP contribution in [0, 0.1) is 12.3 Å². The second-order valence-corrected chi connectivity index (χ2v) is 10.1. The van der Waals surface area contributed by atoms with Crippen molar-refractivity contribution >= 4 is 43.1 Å². The standard InChI is InChI=1S/C28H24FN3O4S/c1-4-7-10-32-24-13-21(18-12-19(16-30-15-18)37(29,34)35)25(36-6-3)14-22(24)27(33)26-20-9-8-17(5-2)11-23(20)31-28(26)32/h2,8-9,11-16,31H,4,6-7,10H2,1,3H3. The summed E-state index contributed by atoms with van der Waals surface area (Å²) in [6.07, 6.45) is 9.77. The normalized spacial score (nSPS) is 11.8. The van der Waals surface area contributed by atoms with Gasteiger partial charge in [-0.15, -0.1) is 10.3 Å². The molecule has 5 aromatic rings. The van der Waals surface area contributed by atoms with E-state index in [0.717, 1.165) is 29.9 Å². The average molecular weight is 518 g/mol. The molecule has 0 amide bonds. The summed E-state index contributed by atoms with van der Waals surface area (Å²) in [6.45, 7) is 4.82. The van der Waals surface area contributed by atoms with Gasteiger partial charge in [0, 0.05) is 46.5 Å². The highest BCUT2D eigenvalue weighted by atomic mass is 32.3. The van der Waals surface area contributed by atoms with E-state index >= 15 is 0 Å². The number of unbranched alkanes of at least 4 members (excludes halogenated alkanes) is 1. The highest BCUT2D eigenvalue weighted by Crippen LogP contribution is 2.36. The quantitative estimate of drug-likeness (QED) is 0.226. The van der Waals surface area contributed by atoms with E-state index < -0.39 is 15.1 Å². The number of halogens is 1. The van der Waals surface area contributed by atoms with Gasteiger partial charge >= 0.3 is 10.2 Å². The van der Waals surface area contributed by atoms with Crippen molar-refractivity contribution in [3.63, 3.8) is 0 Å². The third-order valence-electron chi connectivity index (χ3n) is 6.42. The summed E-state index contributed by atoms with van der Waals surface area (Å²) < 4.78 is 44.7. The first kappa shape index (κ1) is 24.5. The molecule has 0 unspecified atom stereocenters. The molecule has 0 aliphatic carbocycles. The first-order chi connectivity index (χ1) is 17.8. The topological polar surface area (TPSA) is 94.1 Å². The summed E-state index contributed by atoms with van der Waals surface area (Å²) in [4.78, 5) is 20.6. The van der Waals surface area contributed by atoms with Crippen molar-refractivity contribution in [2.24, 2.45) is 0 Å². The first-order valence-electron chi connectivity index (χ1n) is 11.9. The van der Waals surface area contributed by atoms with Crippen molar-refractivity contribution < 1.29 is 17.0 Å². The lowest BCUT2D eigenvalue weighted by molar-refractivity contribution is 0.342. The van der Waals surface area contributed by atoms with Gasteiger partial charge in [0.1, 0.15) is 16.3 Å². The van der Waals surface area contributed by atoms with Gasteiger partial charge in [0.25, 0.3) is 0 Å². The monoisotopic (exact) mass is 517 g/mol. The minimum absolute atomic E-state index is 0.164. The number of aromatic nitrogens is 3. The number of aromatic amines is 1. The second kappa shape index (κ2) is 9.37. The van der Waals surface area contributed by atoms with E-state index in [1.807, 2.05) is 22.8 Å². The lowest BCUT2D eigenvalue weighted by Gasteiger charge is -2.17. The fraction of sp³-hybridized carbons (Fsp3) is 0.214. The van der Waals surface area contributed by atoms with E-state index in [1.165, 1.54) is 12.3 Å². The molecule has 0 saturated heterocycles. The van der Waals surface area contributed by atoms with Gasteiger partial charge in [-0.1, -0.05) is 25.3 Å². The number of hydrogen-bond acceptors (Lipinski definition) is 5. The van der Waals surface area contributed by atoms with Gasteiger partial charge in [-0.3, -0.25) is 9.78 Å². The number of ether oxygens (including phenoxy) is 1. The highest BCUT2D eigenvalue weighted by Gasteiger charge is 2.21. The van der Waals surface area contributed by atoms with Gasteiger partial charge in [-0.2, -0.15) is 8.42 Å². The Hall–Kier alpha value is -4.16. The Morgan fingerprint density at radius 1 is 1.14 bits per heavy atom. The number of aryl methyl sites for hydroxylation is 1. The molecule has 188 valence electrons. The molecule has 37 heavy (non-hydrogen) atoms. The van der Waals surface area contributed by atoms with Crippen LogP contribution in [0.1, 0.15) is 32.3 Å². The lowest BCUT2D eigenvalue weighted by Crippen LogP contribution is -2.12. The molecule has 0 aliphatic rings. The van der Waals surface area contributed by atoms with Crippen LogP contribution >= 0.6 is 0 Å². The van der Waals surface area contributed by atoms with Crippen LogP contribution in [0.3, 0.4) is 0 Å². The minimum atomic E-state index is -4.95. The average Bonchev–Trinajstić information content (AvgIpc) is 3.27. The summed E-state index contributed by atoms with van der Waals surface area (Å²) >= 11 is 0. The van der Waals surface area contributed by atoms with Crippen molar-refractivity contribution in [3.8, 4) is 29.2 Å². The Bertz CT molecular complexity index is 1900. The molecule has 0 atom stereocenters. The molecule has 0 bridgehead atoms. The molecule has 0 radical (unpaired) electrons. The lowest BCUT2D eigenvalue weighted by atomic mass is 10.0. The largest absolute Gasteiger partial charge is 0.493 e. The molecule has 0 spiro atoms. The van der Waals surface area contributed by atoms with Gasteiger partial charge in [0.15, 0.2) is 5.43 Å². The molecule has 9 heteroatoms. The maximum Gasteiger partial charge on any atom is 0.333 e. The molecule has 1 N–H and O–H groups in total. The van der Waals surface area contributed by atoms with Crippen molar-refractivity contribution in [3.05, 3.63) is 64.6 Å². The summed E-state index contributed by atoms with van der Waals surface area (Å²) in [5.41, 5.74) is 3.47. The van der Waals surface area contributed by atoms with Crippen molar-refractivity contribution in [2.45, 2.75) is 38.1 Å². The maximum absolute atomic E-state index is 13.9. The van der Waals surface area contributed by atoms with Crippen molar-refractivity contribution in [1.82, 2.24) is 14.5 Å². The van der Waals surface area contributed by atoms with Crippen LogP contribution in [-0.2, 0) is 16.8 Å². The molecular formula is C28H24FN3O4S. The van der Waals surface area contributed by atoms with E-state index in [-0.39, 0.29) is 5.43 Å². The number of nitrogens with one attached hydrogen (secondary N) is 1. The van der Waals surface area contributed by atoms with E-state index in [2.05, 4.69) is 22.8 Å². The van der Waals surface area contributed by atoms with Crippen LogP contribution in [0.15, 0.2) is 58.5 Å². The van der Waals surface area contributed by atoms with Crippen molar-refractivity contribution in [1.29, 1.82) is 0 Å². The van der Waals surface area contributed by atoms with Gasteiger partial charge in [-0.25, -0.2) is 0 Å². The number of hydrogen-bond donors (Lipinski definition) is 1. The van der Waals surface area contributed by atoms with E-state index in [0.29, 0.717) is 57.5 Å². The van der Waals surface area contributed by atoms with Crippen LogP contribution in [0.2, 0.25) is 0 Å². The van der Waals surface area contributed by atoms with Crippen LogP contribution in [0.4, 0.5) is 3.89 Å². The van der Waals surface area contributed by atoms with Crippen LogP contribution < -0.4 is 10.2 Å². The van der Waals surface area contributed by atoms with Gasteiger partial charge < -0.3 is 14.3 Å². The predicted octanol–water partition coefficient (Wildman–Crippen LogP) is 5.54. The third-order valence-corrected chi connectivity index (χ3v) is 7.20.